The monoisotopic (exact) mass is 453 g/mol. The summed E-state index contributed by atoms with van der Waals surface area (Å²) in [6, 6.07) is 17.1. The molecule has 2 amide bonds. The van der Waals surface area contributed by atoms with Gasteiger partial charge in [-0.05, 0) is 42.5 Å². The van der Waals surface area contributed by atoms with Gasteiger partial charge in [-0.1, -0.05) is 36.4 Å². The highest BCUT2D eigenvalue weighted by molar-refractivity contribution is 7.89. The number of carbonyl (C=O) groups excluding carboxylic acids is 2. The number of hydrogen-bond acceptors (Lipinski definition) is 5. The SMILES string of the molecule is NC(=O)c1cc(S(=O)(=O)N2CCCC2)ccc1OCC(=O)Nc1cccc2ccccc12. The molecule has 32 heavy (non-hydrogen) atoms. The number of nitrogens with one attached hydrogen (secondary N) is 1. The first-order valence-corrected chi connectivity index (χ1v) is 11.6. The van der Waals surface area contributed by atoms with Crippen LogP contribution in [0.1, 0.15) is 23.2 Å². The number of hydrogen-bond donors (Lipinski definition) is 2. The molecule has 0 unspecified atom stereocenters. The van der Waals surface area contributed by atoms with Gasteiger partial charge in [0.15, 0.2) is 6.61 Å². The van der Waals surface area contributed by atoms with E-state index < -0.39 is 21.8 Å². The third-order valence-electron chi connectivity index (χ3n) is 5.34. The lowest BCUT2D eigenvalue weighted by Gasteiger charge is -2.17. The molecule has 0 atom stereocenters. The van der Waals surface area contributed by atoms with Gasteiger partial charge in [0.25, 0.3) is 11.8 Å². The summed E-state index contributed by atoms with van der Waals surface area (Å²) in [5, 5.41) is 4.66. The van der Waals surface area contributed by atoms with Crippen molar-refractivity contribution >= 4 is 38.3 Å². The van der Waals surface area contributed by atoms with Gasteiger partial charge in [-0.25, -0.2) is 8.42 Å². The molecule has 0 bridgehead atoms. The summed E-state index contributed by atoms with van der Waals surface area (Å²) in [7, 11) is -3.71. The van der Waals surface area contributed by atoms with E-state index in [4.69, 9.17) is 10.5 Å². The summed E-state index contributed by atoms with van der Waals surface area (Å²) >= 11 is 0. The molecule has 0 spiro atoms. The van der Waals surface area contributed by atoms with Crippen LogP contribution in [-0.4, -0.2) is 44.2 Å². The first-order chi connectivity index (χ1) is 15.4. The number of sulfonamides is 1. The minimum absolute atomic E-state index is 0.0271. The Hall–Kier alpha value is -3.43. The predicted molar refractivity (Wildman–Crippen MR) is 121 cm³/mol. The molecule has 1 fully saturated rings. The molecule has 1 heterocycles. The maximum Gasteiger partial charge on any atom is 0.262 e. The fourth-order valence-electron chi connectivity index (χ4n) is 3.73. The number of nitrogens with two attached hydrogens (primary N) is 1. The topological polar surface area (TPSA) is 119 Å². The Balaban J connectivity index is 1.50. The Morgan fingerprint density at radius 1 is 1.00 bits per heavy atom. The van der Waals surface area contributed by atoms with Crippen molar-refractivity contribution in [3.05, 3.63) is 66.2 Å². The van der Waals surface area contributed by atoms with E-state index in [1.807, 2.05) is 36.4 Å². The molecule has 4 rings (SSSR count). The summed E-state index contributed by atoms with van der Waals surface area (Å²) in [6.45, 7) is 0.517. The third kappa shape index (κ3) is 4.44. The van der Waals surface area contributed by atoms with Crippen molar-refractivity contribution in [1.82, 2.24) is 4.31 Å². The van der Waals surface area contributed by atoms with Gasteiger partial charge in [-0.2, -0.15) is 4.31 Å². The second-order valence-corrected chi connectivity index (χ2v) is 9.43. The third-order valence-corrected chi connectivity index (χ3v) is 7.24. The number of anilines is 1. The molecule has 1 aliphatic heterocycles. The average molecular weight is 454 g/mol. The molecular formula is C23H23N3O5S. The molecule has 166 valence electrons. The van der Waals surface area contributed by atoms with Crippen LogP contribution in [0.5, 0.6) is 5.75 Å². The number of primary amides is 1. The number of nitrogens with zero attached hydrogens (tertiary/aromatic N) is 1. The van der Waals surface area contributed by atoms with E-state index in [1.165, 1.54) is 22.5 Å². The highest BCUT2D eigenvalue weighted by Crippen LogP contribution is 2.27. The molecule has 1 saturated heterocycles. The molecule has 3 aromatic carbocycles. The summed E-state index contributed by atoms with van der Waals surface area (Å²) in [4.78, 5) is 24.4. The number of amides is 2. The van der Waals surface area contributed by atoms with E-state index in [9.17, 15) is 18.0 Å². The smallest absolute Gasteiger partial charge is 0.262 e. The van der Waals surface area contributed by atoms with Crippen LogP contribution in [0.2, 0.25) is 0 Å². The first kappa shape index (κ1) is 21.8. The van der Waals surface area contributed by atoms with Gasteiger partial charge in [0.05, 0.1) is 10.5 Å². The van der Waals surface area contributed by atoms with Gasteiger partial charge < -0.3 is 15.8 Å². The van der Waals surface area contributed by atoms with Crippen LogP contribution >= 0.6 is 0 Å². The molecule has 0 radical (unpaired) electrons. The van der Waals surface area contributed by atoms with Crippen molar-refractivity contribution in [2.75, 3.05) is 25.0 Å². The molecule has 0 aromatic heterocycles. The van der Waals surface area contributed by atoms with Crippen molar-refractivity contribution in [1.29, 1.82) is 0 Å². The van der Waals surface area contributed by atoms with Crippen molar-refractivity contribution in [3.63, 3.8) is 0 Å². The second kappa shape index (κ2) is 8.97. The Kier molecular flexibility index (Phi) is 6.11. The zero-order valence-corrected chi connectivity index (χ0v) is 18.1. The number of ether oxygens (including phenoxy) is 1. The number of fused-ring (bicyclic) bond motifs is 1. The molecule has 3 aromatic rings. The van der Waals surface area contributed by atoms with Gasteiger partial charge in [0, 0.05) is 24.2 Å². The lowest BCUT2D eigenvalue weighted by atomic mass is 10.1. The fourth-order valence-corrected chi connectivity index (χ4v) is 5.27. The Bertz CT molecular complexity index is 1280. The molecular weight excluding hydrogens is 430 g/mol. The lowest BCUT2D eigenvalue weighted by Crippen LogP contribution is -2.28. The number of benzene rings is 3. The zero-order valence-electron chi connectivity index (χ0n) is 17.3. The maximum absolute atomic E-state index is 12.8. The summed E-state index contributed by atoms with van der Waals surface area (Å²) < 4.78 is 32.4. The van der Waals surface area contributed by atoms with Gasteiger partial charge in [0.1, 0.15) is 5.75 Å². The molecule has 0 aliphatic carbocycles. The quantitative estimate of drug-likeness (QED) is 0.570. The highest BCUT2D eigenvalue weighted by Gasteiger charge is 2.28. The van der Waals surface area contributed by atoms with E-state index >= 15 is 0 Å². The van der Waals surface area contributed by atoms with E-state index in [2.05, 4.69) is 5.32 Å². The van der Waals surface area contributed by atoms with Crippen molar-refractivity contribution < 1.29 is 22.7 Å². The molecule has 9 heteroatoms. The van der Waals surface area contributed by atoms with Crippen LogP contribution in [0.4, 0.5) is 5.69 Å². The molecule has 1 aliphatic rings. The minimum atomic E-state index is -3.71. The van der Waals surface area contributed by atoms with Crippen LogP contribution < -0.4 is 15.8 Å². The van der Waals surface area contributed by atoms with Crippen LogP contribution in [0.25, 0.3) is 10.8 Å². The van der Waals surface area contributed by atoms with Crippen LogP contribution in [-0.2, 0) is 14.8 Å². The van der Waals surface area contributed by atoms with E-state index in [-0.39, 0.29) is 22.8 Å². The molecule has 8 nitrogen and oxygen atoms in total. The highest BCUT2D eigenvalue weighted by atomic mass is 32.2. The number of rotatable bonds is 7. The first-order valence-electron chi connectivity index (χ1n) is 10.2. The van der Waals surface area contributed by atoms with Gasteiger partial charge in [0.2, 0.25) is 10.0 Å². The van der Waals surface area contributed by atoms with E-state index in [1.54, 1.807) is 6.07 Å². The van der Waals surface area contributed by atoms with Gasteiger partial charge in [-0.3, -0.25) is 9.59 Å². The van der Waals surface area contributed by atoms with Crippen molar-refractivity contribution in [3.8, 4) is 5.75 Å². The zero-order chi connectivity index (χ0) is 22.7. The Morgan fingerprint density at radius 3 is 2.47 bits per heavy atom. The summed E-state index contributed by atoms with van der Waals surface area (Å²) in [5.41, 5.74) is 5.99. The van der Waals surface area contributed by atoms with E-state index in [0.717, 1.165) is 23.6 Å². The second-order valence-electron chi connectivity index (χ2n) is 7.50. The Labute approximate surface area is 186 Å². The van der Waals surface area contributed by atoms with Gasteiger partial charge in [-0.15, -0.1) is 0 Å². The van der Waals surface area contributed by atoms with Crippen LogP contribution in [0.3, 0.4) is 0 Å². The minimum Gasteiger partial charge on any atom is -0.483 e. The predicted octanol–water partition coefficient (Wildman–Crippen LogP) is 2.74. The lowest BCUT2D eigenvalue weighted by molar-refractivity contribution is -0.118. The van der Waals surface area contributed by atoms with Crippen LogP contribution in [0, 0.1) is 0 Å². The van der Waals surface area contributed by atoms with Crippen molar-refractivity contribution in [2.24, 2.45) is 5.73 Å². The van der Waals surface area contributed by atoms with Gasteiger partial charge >= 0.3 is 0 Å². The van der Waals surface area contributed by atoms with Crippen LogP contribution in [0.15, 0.2) is 65.6 Å². The molecule has 0 saturated carbocycles. The maximum atomic E-state index is 12.8. The average Bonchev–Trinajstić information content (AvgIpc) is 3.34. The standard InChI is InChI=1S/C23H23N3O5S/c24-23(28)19-14-17(32(29,30)26-12-3-4-13-26)10-11-21(19)31-15-22(27)25-20-9-5-7-16-6-1-2-8-18(16)20/h1-2,5-11,14H,3-4,12-13,15H2,(H2,24,28)(H,25,27). The summed E-state index contributed by atoms with van der Waals surface area (Å²) in [6.07, 6.45) is 1.60. The van der Waals surface area contributed by atoms with Crippen molar-refractivity contribution in [2.45, 2.75) is 17.7 Å². The normalized spacial score (nSPS) is 14.4. The fraction of sp³-hybridized carbons (Fsp3) is 0.217. The molecule has 3 N–H and O–H groups in total. The van der Waals surface area contributed by atoms with E-state index in [0.29, 0.717) is 18.8 Å². The Morgan fingerprint density at radius 2 is 1.72 bits per heavy atom. The summed E-state index contributed by atoms with van der Waals surface area (Å²) in [5.74, 6) is -1.22. The largest absolute Gasteiger partial charge is 0.483 e. The number of carbonyl (C=O) groups is 2.